The Hall–Kier alpha value is -0.520. The lowest BCUT2D eigenvalue weighted by Gasteiger charge is -2.47. The SMILES string of the molecule is C=C(C)CC1(C)CC(C(=C)C)CC(C)(C)C1. The van der Waals surface area contributed by atoms with E-state index in [1.807, 2.05) is 0 Å². The van der Waals surface area contributed by atoms with Gasteiger partial charge in [-0.2, -0.15) is 0 Å². The molecule has 1 fully saturated rings. The van der Waals surface area contributed by atoms with Crippen molar-refractivity contribution in [1.29, 1.82) is 0 Å². The van der Waals surface area contributed by atoms with Gasteiger partial charge in [-0.3, -0.25) is 0 Å². The molecule has 0 N–H and O–H groups in total. The Labute approximate surface area is 102 Å². The monoisotopic (exact) mass is 220 g/mol. The van der Waals surface area contributed by atoms with Crippen LogP contribution < -0.4 is 0 Å². The van der Waals surface area contributed by atoms with Crippen molar-refractivity contribution < 1.29 is 0 Å². The van der Waals surface area contributed by atoms with E-state index in [2.05, 4.69) is 47.8 Å². The minimum Gasteiger partial charge on any atom is -0.100 e. The molecule has 92 valence electrons. The largest absolute Gasteiger partial charge is 0.100 e. The lowest BCUT2D eigenvalue weighted by molar-refractivity contribution is 0.0677. The second kappa shape index (κ2) is 4.39. The van der Waals surface area contributed by atoms with E-state index >= 15 is 0 Å². The van der Waals surface area contributed by atoms with Crippen molar-refractivity contribution in [3.8, 4) is 0 Å². The Morgan fingerprint density at radius 3 is 2.12 bits per heavy atom. The Balaban J connectivity index is 2.86. The number of hydrogen-bond donors (Lipinski definition) is 0. The highest BCUT2D eigenvalue weighted by molar-refractivity contribution is 5.07. The minimum atomic E-state index is 0.428. The molecular weight excluding hydrogens is 192 g/mol. The highest BCUT2D eigenvalue weighted by Gasteiger charge is 2.40. The van der Waals surface area contributed by atoms with Gasteiger partial charge in [0.15, 0.2) is 0 Å². The fraction of sp³-hybridized carbons (Fsp3) is 0.750. The van der Waals surface area contributed by atoms with E-state index in [0.29, 0.717) is 16.7 Å². The van der Waals surface area contributed by atoms with E-state index in [0.717, 1.165) is 0 Å². The average molecular weight is 220 g/mol. The normalized spacial score (nSPS) is 33.4. The summed E-state index contributed by atoms with van der Waals surface area (Å²) in [5, 5.41) is 0. The number of hydrogen-bond acceptors (Lipinski definition) is 0. The third kappa shape index (κ3) is 3.50. The second-order valence-electron chi connectivity index (χ2n) is 7.24. The molecule has 0 heteroatoms. The molecule has 1 saturated carbocycles. The summed E-state index contributed by atoms with van der Waals surface area (Å²) in [6, 6.07) is 0. The van der Waals surface area contributed by atoms with Gasteiger partial charge in [0.05, 0.1) is 0 Å². The maximum atomic E-state index is 4.17. The Morgan fingerprint density at radius 2 is 1.69 bits per heavy atom. The maximum Gasteiger partial charge on any atom is -0.0198 e. The van der Waals surface area contributed by atoms with Crippen LogP contribution >= 0.6 is 0 Å². The zero-order valence-electron chi connectivity index (χ0n) is 11.8. The molecule has 0 aromatic carbocycles. The molecule has 0 saturated heterocycles. The first-order valence-electron chi connectivity index (χ1n) is 6.43. The molecule has 2 unspecified atom stereocenters. The van der Waals surface area contributed by atoms with Crippen LogP contribution in [0.3, 0.4) is 0 Å². The first kappa shape index (κ1) is 13.5. The van der Waals surface area contributed by atoms with Gasteiger partial charge in [-0.1, -0.05) is 38.5 Å². The van der Waals surface area contributed by atoms with Crippen LogP contribution in [0, 0.1) is 16.7 Å². The van der Waals surface area contributed by atoms with Gasteiger partial charge in [0.2, 0.25) is 0 Å². The van der Waals surface area contributed by atoms with Crippen molar-refractivity contribution in [3.63, 3.8) is 0 Å². The molecule has 0 radical (unpaired) electrons. The first-order valence-corrected chi connectivity index (χ1v) is 6.43. The summed E-state index contributed by atoms with van der Waals surface area (Å²) in [5.41, 5.74) is 3.56. The van der Waals surface area contributed by atoms with Crippen molar-refractivity contribution in [1.82, 2.24) is 0 Å². The summed E-state index contributed by atoms with van der Waals surface area (Å²) in [6.07, 6.45) is 5.07. The predicted molar refractivity (Wildman–Crippen MR) is 73.5 cm³/mol. The third-order valence-electron chi connectivity index (χ3n) is 3.87. The molecule has 1 aliphatic rings. The van der Waals surface area contributed by atoms with Crippen LogP contribution in [-0.2, 0) is 0 Å². The van der Waals surface area contributed by atoms with Gasteiger partial charge in [-0.15, -0.1) is 6.58 Å². The van der Waals surface area contributed by atoms with E-state index in [4.69, 9.17) is 0 Å². The average Bonchev–Trinajstić information content (AvgIpc) is 1.96. The third-order valence-corrected chi connectivity index (χ3v) is 3.87. The molecule has 0 nitrogen and oxygen atoms in total. The molecular formula is C16H28. The van der Waals surface area contributed by atoms with Crippen molar-refractivity contribution in [3.05, 3.63) is 24.3 Å². The lowest BCUT2D eigenvalue weighted by Crippen LogP contribution is -2.36. The molecule has 2 atom stereocenters. The molecule has 0 amide bonds. The van der Waals surface area contributed by atoms with E-state index in [1.165, 1.54) is 36.8 Å². The molecule has 0 aliphatic heterocycles. The minimum absolute atomic E-state index is 0.428. The number of allylic oxidation sites excluding steroid dienone is 2. The van der Waals surface area contributed by atoms with E-state index in [-0.39, 0.29) is 0 Å². The quantitative estimate of drug-likeness (QED) is 0.562. The standard InChI is InChI=1S/C16H28/c1-12(2)8-16(7)10-14(13(3)4)9-15(5,6)11-16/h14H,1,3,8-11H2,2,4-7H3. The Morgan fingerprint density at radius 1 is 1.12 bits per heavy atom. The zero-order valence-corrected chi connectivity index (χ0v) is 11.8. The molecule has 0 spiro atoms. The maximum absolute atomic E-state index is 4.17. The van der Waals surface area contributed by atoms with Crippen molar-refractivity contribution in [2.75, 3.05) is 0 Å². The summed E-state index contributed by atoms with van der Waals surface area (Å²) in [4.78, 5) is 0. The van der Waals surface area contributed by atoms with Gasteiger partial charge in [0.1, 0.15) is 0 Å². The number of rotatable bonds is 3. The first-order chi connectivity index (χ1) is 7.14. The van der Waals surface area contributed by atoms with Crippen LogP contribution in [0.1, 0.15) is 60.3 Å². The van der Waals surface area contributed by atoms with Crippen LogP contribution in [0.15, 0.2) is 24.3 Å². The van der Waals surface area contributed by atoms with Gasteiger partial charge in [-0.25, -0.2) is 0 Å². The van der Waals surface area contributed by atoms with Crippen molar-refractivity contribution >= 4 is 0 Å². The second-order valence-corrected chi connectivity index (χ2v) is 7.24. The highest BCUT2D eigenvalue weighted by Crippen LogP contribution is 2.52. The Bertz CT molecular complexity index is 295. The van der Waals surface area contributed by atoms with E-state index in [9.17, 15) is 0 Å². The molecule has 0 aromatic heterocycles. The molecule has 0 aromatic rings. The van der Waals surface area contributed by atoms with Crippen molar-refractivity contribution in [2.24, 2.45) is 16.7 Å². The van der Waals surface area contributed by atoms with Crippen LogP contribution in [-0.4, -0.2) is 0 Å². The van der Waals surface area contributed by atoms with E-state index in [1.54, 1.807) is 0 Å². The smallest absolute Gasteiger partial charge is 0.0198 e. The summed E-state index contributed by atoms with van der Waals surface area (Å²) < 4.78 is 0. The fourth-order valence-corrected chi connectivity index (χ4v) is 3.85. The lowest BCUT2D eigenvalue weighted by atomic mass is 9.58. The van der Waals surface area contributed by atoms with Crippen LogP contribution in [0.5, 0.6) is 0 Å². The molecule has 16 heavy (non-hydrogen) atoms. The summed E-state index contributed by atoms with van der Waals surface area (Å²) in [7, 11) is 0. The summed E-state index contributed by atoms with van der Waals surface area (Å²) >= 11 is 0. The topological polar surface area (TPSA) is 0 Å². The zero-order chi connectivity index (χ0) is 12.6. The Kier molecular flexibility index (Phi) is 3.72. The van der Waals surface area contributed by atoms with Crippen LogP contribution in [0.2, 0.25) is 0 Å². The van der Waals surface area contributed by atoms with Gasteiger partial charge in [-0.05, 0) is 56.3 Å². The van der Waals surface area contributed by atoms with Gasteiger partial charge in [0.25, 0.3) is 0 Å². The molecule has 0 bridgehead atoms. The van der Waals surface area contributed by atoms with Crippen LogP contribution in [0.25, 0.3) is 0 Å². The van der Waals surface area contributed by atoms with Crippen molar-refractivity contribution in [2.45, 2.75) is 60.3 Å². The predicted octanol–water partition coefficient (Wildman–Crippen LogP) is 5.36. The van der Waals surface area contributed by atoms with E-state index < -0.39 is 0 Å². The molecule has 0 heterocycles. The fourth-order valence-electron chi connectivity index (χ4n) is 3.85. The molecule has 1 rings (SSSR count). The van der Waals surface area contributed by atoms with Gasteiger partial charge < -0.3 is 0 Å². The molecule has 1 aliphatic carbocycles. The van der Waals surface area contributed by atoms with Gasteiger partial charge >= 0.3 is 0 Å². The summed E-state index contributed by atoms with van der Waals surface area (Å²) in [5.74, 6) is 0.702. The van der Waals surface area contributed by atoms with Gasteiger partial charge in [0, 0.05) is 0 Å². The summed E-state index contributed by atoms with van der Waals surface area (Å²) in [6.45, 7) is 19.8. The highest BCUT2D eigenvalue weighted by atomic mass is 14.5. The van der Waals surface area contributed by atoms with Crippen LogP contribution in [0.4, 0.5) is 0 Å².